The van der Waals surface area contributed by atoms with Crippen LogP contribution >= 0.6 is 31.9 Å². The van der Waals surface area contributed by atoms with Crippen molar-refractivity contribution in [3.8, 4) is 28.7 Å². The van der Waals surface area contributed by atoms with Gasteiger partial charge in [0.05, 0.1) is 28.9 Å². The molecular weight excluding hydrogens is 740 g/mol. The van der Waals surface area contributed by atoms with E-state index in [9.17, 15) is 4.79 Å². The van der Waals surface area contributed by atoms with Crippen LogP contribution in [0.25, 0.3) is 0 Å². The minimum Gasteiger partial charge on any atom is -0.493 e. The van der Waals surface area contributed by atoms with Crippen LogP contribution in [0.1, 0.15) is 39.5 Å². The second-order valence-electron chi connectivity index (χ2n) is 10.4. The third-order valence-corrected chi connectivity index (χ3v) is 8.17. The van der Waals surface area contributed by atoms with E-state index < -0.39 is 0 Å². The molecule has 5 rings (SSSR count). The summed E-state index contributed by atoms with van der Waals surface area (Å²) in [7, 11) is 1.61. The summed E-state index contributed by atoms with van der Waals surface area (Å²) in [4.78, 5) is 12.9. The number of hydrazone groups is 1. The molecule has 0 fully saturated rings. The van der Waals surface area contributed by atoms with E-state index in [1.54, 1.807) is 31.5 Å². The summed E-state index contributed by atoms with van der Waals surface area (Å²) < 4.78 is 30.8. The maximum atomic E-state index is 12.9. The maximum absolute atomic E-state index is 12.9. The van der Waals surface area contributed by atoms with Gasteiger partial charge in [0, 0.05) is 5.56 Å². The molecule has 0 aliphatic carbocycles. The van der Waals surface area contributed by atoms with E-state index >= 15 is 0 Å². The SMILES string of the molecule is CCOc1cc(C(=O)N/N=C/c2cc(Br)c(OCc3ccc(OCc4ccccc4)c(OC)c3)c(Br)c2)ccc1OCc1ccccc1. The first kappa shape index (κ1) is 34.5. The highest BCUT2D eigenvalue weighted by Crippen LogP contribution is 2.36. The number of halogens is 2. The van der Waals surface area contributed by atoms with Gasteiger partial charge in [-0.2, -0.15) is 5.10 Å². The summed E-state index contributed by atoms with van der Waals surface area (Å²) >= 11 is 7.19. The second-order valence-corrected chi connectivity index (χ2v) is 12.1. The number of ether oxygens (including phenoxy) is 5. The summed E-state index contributed by atoms with van der Waals surface area (Å²) in [6, 6.07) is 34.3. The molecule has 5 aromatic carbocycles. The molecule has 0 spiro atoms. The minimum atomic E-state index is -0.383. The van der Waals surface area contributed by atoms with Crippen LogP contribution in [0.2, 0.25) is 0 Å². The Hall–Kier alpha value is -4.80. The average Bonchev–Trinajstić information content (AvgIpc) is 3.11. The second kappa shape index (κ2) is 17.4. The van der Waals surface area contributed by atoms with E-state index in [4.69, 9.17) is 23.7 Å². The molecule has 8 nitrogen and oxygen atoms in total. The van der Waals surface area contributed by atoms with Crippen molar-refractivity contribution in [3.05, 3.63) is 146 Å². The van der Waals surface area contributed by atoms with Crippen molar-refractivity contribution in [2.45, 2.75) is 26.7 Å². The average molecular weight is 775 g/mol. The molecule has 10 heteroatoms. The lowest BCUT2D eigenvalue weighted by Crippen LogP contribution is -2.17. The third-order valence-electron chi connectivity index (χ3n) is 6.99. The molecule has 0 atom stereocenters. The van der Waals surface area contributed by atoms with E-state index in [2.05, 4.69) is 42.4 Å². The molecule has 0 heterocycles. The van der Waals surface area contributed by atoms with Gasteiger partial charge >= 0.3 is 0 Å². The number of nitrogens with one attached hydrogen (secondary N) is 1. The molecule has 246 valence electrons. The number of nitrogens with zero attached hydrogens (tertiary/aromatic N) is 1. The molecule has 0 aliphatic rings. The van der Waals surface area contributed by atoms with Crippen molar-refractivity contribution >= 4 is 44.0 Å². The van der Waals surface area contributed by atoms with Gasteiger partial charge in [0.25, 0.3) is 5.91 Å². The van der Waals surface area contributed by atoms with E-state index in [-0.39, 0.29) is 5.91 Å². The number of carbonyl (C=O) groups is 1. The Bertz CT molecular complexity index is 1830. The van der Waals surface area contributed by atoms with Crippen LogP contribution in [0.5, 0.6) is 28.7 Å². The molecule has 0 saturated carbocycles. The zero-order chi connectivity index (χ0) is 33.7. The Kier molecular flexibility index (Phi) is 12.5. The van der Waals surface area contributed by atoms with Gasteiger partial charge in [-0.25, -0.2) is 5.43 Å². The van der Waals surface area contributed by atoms with Gasteiger partial charge in [0.15, 0.2) is 23.0 Å². The van der Waals surface area contributed by atoms with Crippen LogP contribution in [-0.4, -0.2) is 25.8 Å². The number of amides is 1. The lowest BCUT2D eigenvalue weighted by Gasteiger charge is -2.14. The lowest BCUT2D eigenvalue weighted by molar-refractivity contribution is 0.0954. The standard InChI is InChI=1S/C38H34Br2N2O6/c1-3-45-36-21-30(15-17-34(36)47-24-27-12-8-5-9-13-27)38(43)42-41-22-29-18-31(39)37(32(40)19-29)48-25-28-14-16-33(35(20-28)44-2)46-23-26-10-6-4-7-11-26/h4-22H,3,23-25H2,1-2H3,(H,42,43)/b41-22+. The van der Waals surface area contributed by atoms with Gasteiger partial charge in [-0.15, -0.1) is 0 Å². The van der Waals surface area contributed by atoms with Gasteiger partial charge in [-0.1, -0.05) is 66.7 Å². The van der Waals surface area contributed by atoms with Gasteiger partial charge in [0.2, 0.25) is 0 Å². The van der Waals surface area contributed by atoms with E-state index in [1.165, 1.54) is 0 Å². The largest absolute Gasteiger partial charge is 0.493 e. The van der Waals surface area contributed by atoms with Crippen LogP contribution in [0.4, 0.5) is 0 Å². The number of methoxy groups -OCH3 is 1. The fraction of sp³-hybridized carbons (Fsp3) is 0.158. The van der Waals surface area contributed by atoms with Crippen molar-refractivity contribution in [2.24, 2.45) is 5.10 Å². The lowest BCUT2D eigenvalue weighted by atomic mass is 10.2. The van der Waals surface area contributed by atoms with Crippen LogP contribution in [0.3, 0.4) is 0 Å². The first-order valence-electron chi connectivity index (χ1n) is 15.2. The topological polar surface area (TPSA) is 87.6 Å². The van der Waals surface area contributed by atoms with Gasteiger partial charge in [-0.05, 0) is 104 Å². The Morgan fingerprint density at radius 2 is 1.25 bits per heavy atom. The van der Waals surface area contributed by atoms with Crippen LogP contribution < -0.4 is 29.1 Å². The maximum Gasteiger partial charge on any atom is 0.271 e. The van der Waals surface area contributed by atoms with Crippen LogP contribution in [-0.2, 0) is 19.8 Å². The van der Waals surface area contributed by atoms with E-state index in [0.29, 0.717) is 69.7 Å². The Morgan fingerprint density at radius 3 is 1.85 bits per heavy atom. The van der Waals surface area contributed by atoms with Gasteiger partial charge in [0.1, 0.15) is 25.6 Å². The van der Waals surface area contributed by atoms with Crippen molar-refractivity contribution in [1.82, 2.24) is 5.43 Å². The predicted octanol–water partition coefficient (Wildman–Crippen LogP) is 9.12. The first-order chi connectivity index (χ1) is 23.4. The van der Waals surface area contributed by atoms with Crippen LogP contribution in [0.15, 0.2) is 123 Å². The highest BCUT2D eigenvalue weighted by molar-refractivity contribution is 9.11. The number of hydrogen-bond donors (Lipinski definition) is 1. The molecular formula is C38H34Br2N2O6. The molecule has 0 radical (unpaired) electrons. The summed E-state index contributed by atoms with van der Waals surface area (Å²) in [6.07, 6.45) is 1.55. The van der Waals surface area contributed by atoms with Crippen molar-refractivity contribution in [1.29, 1.82) is 0 Å². The molecule has 48 heavy (non-hydrogen) atoms. The highest BCUT2D eigenvalue weighted by Gasteiger charge is 2.13. The smallest absolute Gasteiger partial charge is 0.271 e. The van der Waals surface area contributed by atoms with Gasteiger partial charge < -0.3 is 23.7 Å². The third kappa shape index (κ3) is 9.62. The molecule has 1 amide bonds. The Morgan fingerprint density at radius 1 is 0.667 bits per heavy atom. The molecule has 0 aromatic heterocycles. The monoisotopic (exact) mass is 772 g/mol. The summed E-state index contributed by atoms with van der Waals surface area (Å²) in [5.74, 6) is 2.56. The zero-order valence-electron chi connectivity index (χ0n) is 26.5. The van der Waals surface area contributed by atoms with Gasteiger partial charge in [-0.3, -0.25) is 4.79 Å². The van der Waals surface area contributed by atoms with Crippen molar-refractivity contribution in [2.75, 3.05) is 13.7 Å². The number of carbonyl (C=O) groups excluding carboxylic acids is 1. The number of hydrogen-bond acceptors (Lipinski definition) is 7. The molecule has 0 unspecified atom stereocenters. The Labute approximate surface area is 296 Å². The summed E-state index contributed by atoms with van der Waals surface area (Å²) in [5, 5.41) is 4.15. The molecule has 5 aromatic rings. The molecule has 1 N–H and O–H groups in total. The quantitative estimate of drug-likeness (QED) is 0.0844. The number of rotatable bonds is 15. The first-order valence-corrected chi connectivity index (χ1v) is 16.7. The Balaban J connectivity index is 1.17. The number of benzene rings is 5. The van der Waals surface area contributed by atoms with E-state index in [1.807, 2.05) is 97.9 Å². The van der Waals surface area contributed by atoms with E-state index in [0.717, 1.165) is 22.3 Å². The summed E-state index contributed by atoms with van der Waals surface area (Å²) in [5.41, 5.74) is 6.72. The zero-order valence-corrected chi connectivity index (χ0v) is 29.6. The fourth-order valence-corrected chi connectivity index (χ4v) is 6.06. The molecule has 0 bridgehead atoms. The normalized spacial score (nSPS) is 10.8. The van der Waals surface area contributed by atoms with Crippen molar-refractivity contribution in [3.63, 3.8) is 0 Å². The summed E-state index contributed by atoms with van der Waals surface area (Å²) in [6.45, 7) is 3.44. The van der Waals surface area contributed by atoms with Crippen molar-refractivity contribution < 1.29 is 28.5 Å². The highest BCUT2D eigenvalue weighted by atomic mass is 79.9. The minimum absolute atomic E-state index is 0.301. The predicted molar refractivity (Wildman–Crippen MR) is 193 cm³/mol. The van der Waals surface area contributed by atoms with Crippen LogP contribution in [0, 0.1) is 0 Å². The molecule has 0 saturated heterocycles. The fourth-order valence-electron chi connectivity index (χ4n) is 4.61. The molecule has 0 aliphatic heterocycles.